The highest BCUT2D eigenvalue weighted by molar-refractivity contribution is 7.99. The van der Waals surface area contributed by atoms with E-state index in [1.165, 1.54) is 12.1 Å². The van der Waals surface area contributed by atoms with Gasteiger partial charge < -0.3 is 5.73 Å². The van der Waals surface area contributed by atoms with Gasteiger partial charge in [0.2, 0.25) is 0 Å². The molecule has 0 heterocycles. The zero-order chi connectivity index (χ0) is 13.8. The van der Waals surface area contributed by atoms with Crippen molar-refractivity contribution < 1.29 is 13.2 Å². The lowest BCUT2D eigenvalue weighted by Crippen LogP contribution is -2.04. The normalized spacial score (nSPS) is 10.7. The van der Waals surface area contributed by atoms with Gasteiger partial charge in [-0.25, -0.2) is 13.2 Å². The Kier molecular flexibility index (Phi) is 4.50. The molecule has 0 aliphatic carbocycles. The molecule has 0 spiro atoms. The van der Waals surface area contributed by atoms with E-state index in [1.807, 2.05) is 0 Å². The summed E-state index contributed by atoms with van der Waals surface area (Å²) in [6.07, 6.45) is 0.532. The molecule has 100 valence electrons. The predicted octanol–water partition coefficient (Wildman–Crippen LogP) is 3.76. The van der Waals surface area contributed by atoms with Gasteiger partial charge in [0, 0.05) is 4.90 Å². The largest absolute Gasteiger partial charge is 0.330 e. The first kappa shape index (κ1) is 14.0. The zero-order valence-electron chi connectivity index (χ0n) is 10.00. The van der Waals surface area contributed by atoms with Crippen molar-refractivity contribution in [2.75, 3.05) is 6.54 Å². The van der Waals surface area contributed by atoms with Gasteiger partial charge in [-0.3, -0.25) is 0 Å². The van der Waals surface area contributed by atoms with E-state index in [4.69, 9.17) is 5.73 Å². The van der Waals surface area contributed by atoms with Crippen molar-refractivity contribution in [1.82, 2.24) is 0 Å². The molecule has 5 heteroatoms. The summed E-state index contributed by atoms with van der Waals surface area (Å²) in [4.78, 5) is 0.848. The summed E-state index contributed by atoms with van der Waals surface area (Å²) in [5.74, 6) is -2.25. The maximum Gasteiger partial charge on any atom is 0.159 e. The van der Waals surface area contributed by atoms with Gasteiger partial charge >= 0.3 is 0 Å². The van der Waals surface area contributed by atoms with Gasteiger partial charge in [-0.15, -0.1) is 0 Å². The molecule has 2 aromatic rings. The molecule has 0 atom stereocenters. The molecule has 0 saturated carbocycles. The second kappa shape index (κ2) is 6.12. The Labute approximate surface area is 113 Å². The molecular formula is C14H12F3NS. The molecule has 0 amide bonds. The van der Waals surface area contributed by atoms with Gasteiger partial charge in [-0.2, -0.15) is 0 Å². The molecule has 0 bridgehead atoms. The van der Waals surface area contributed by atoms with E-state index in [1.54, 1.807) is 12.1 Å². The van der Waals surface area contributed by atoms with Crippen LogP contribution in [0.2, 0.25) is 0 Å². The maximum absolute atomic E-state index is 13.8. The van der Waals surface area contributed by atoms with Crippen molar-refractivity contribution in [2.24, 2.45) is 5.73 Å². The third-order valence-electron chi connectivity index (χ3n) is 2.57. The standard InChI is InChI=1S/C14H12F3NS/c15-11-5-4-10(8-13(11)17)19-14-9(6-7-18)2-1-3-12(14)16/h1-5,8H,6-7,18H2. The van der Waals surface area contributed by atoms with Gasteiger partial charge in [0.25, 0.3) is 0 Å². The zero-order valence-corrected chi connectivity index (χ0v) is 10.8. The summed E-state index contributed by atoms with van der Waals surface area (Å²) in [5.41, 5.74) is 6.24. The van der Waals surface area contributed by atoms with E-state index in [9.17, 15) is 13.2 Å². The lowest BCUT2D eigenvalue weighted by Gasteiger charge is -2.09. The fourth-order valence-corrected chi connectivity index (χ4v) is 2.68. The highest BCUT2D eigenvalue weighted by atomic mass is 32.2. The smallest absolute Gasteiger partial charge is 0.159 e. The second-order valence-electron chi connectivity index (χ2n) is 3.94. The van der Waals surface area contributed by atoms with Crippen molar-refractivity contribution in [2.45, 2.75) is 16.2 Å². The lowest BCUT2D eigenvalue weighted by molar-refractivity contribution is 0.506. The average molecular weight is 283 g/mol. The Morgan fingerprint density at radius 3 is 2.42 bits per heavy atom. The van der Waals surface area contributed by atoms with Gasteiger partial charge in [-0.05, 0) is 42.8 Å². The molecule has 2 N–H and O–H groups in total. The fraction of sp³-hybridized carbons (Fsp3) is 0.143. The van der Waals surface area contributed by atoms with Crippen LogP contribution < -0.4 is 5.73 Å². The SMILES string of the molecule is NCCc1cccc(F)c1Sc1ccc(F)c(F)c1. The Morgan fingerprint density at radius 2 is 1.74 bits per heavy atom. The summed E-state index contributed by atoms with van der Waals surface area (Å²) >= 11 is 1.07. The van der Waals surface area contributed by atoms with Crippen LogP contribution in [0, 0.1) is 17.5 Å². The molecule has 0 aromatic heterocycles. The minimum Gasteiger partial charge on any atom is -0.330 e. The van der Waals surface area contributed by atoms with Gasteiger partial charge in [0.15, 0.2) is 11.6 Å². The summed E-state index contributed by atoms with van der Waals surface area (Å²) in [5, 5.41) is 0. The molecule has 0 saturated heterocycles. The molecule has 0 fully saturated rings. The van der Waals surface area contributed by atoms with E-state index >= 15 is 0 Å². The summed E-state index contributed by atoms with van der Waals surface area (Å²) in [6.45, 7) is 0.398. The molecule has 2 rings (SSSR count). The van der Waals surface area contributed by atoms with Crippen LogP contribution in [0.3, 0.4) is 0 Å². The number of halogens is 3. The number of nitrogens with two attached hydrogens (primary N) is 1. The molecule has 19 heavy (non-hydrogen) atoms. The van der Waals surface area contributed by atoms with Crippen molar-refractivity contribution >= 4 is 11.8 Å². The fourth-order valence-electron chi connectivity index (χ4n) is 1.68. The Bertz CT molecular complexity index is 587. The van der Waals surface area contributed by atoms with Crippen LogP contribution in [0.4, 0.5) is 13.2 Å². The highest BCUT2D eigenvalue weighted by Gasteiger charge is 2.11. The first-order chi connectivity index (χ1) is 9.11. The summed E-state index contributed by atoms with van der Waals surface area (Å²) < 4.78 is 39.8. The molecule has 2 aromatic carbocycles. The molecule has 0 aliphatic heterocycles. The van der Waals surface area contributed by atoms with Crippen LogP contribution in [0.1, 0.15) is 5.56 Å². The van der Waals surface area contributed by atoms with Crippen molar-refractivity contribution in [3.8, 4) is 0 Å². The second-order valence-corrected chi connectivity index (χ2v) is 5.03. The molecular weight excluding hydrogens is 271 g/mol. The quantitative estimate of drug-likeness (QED) is 0.924. The van der Waals surface area contributed by atoms with Crippen LogP contribution in [0.15, 0.2) is 46.2 Å². The first-order valence-electron chi connectivity index (χ1n) is 5.72. The minimum atomic E-state index is -0.943. The van der Waals surface area contributed by atoms with Crippen LogP contribution in [0.25, 0.3) is 0 Å². The van der Waals surface area contributed by atoms with Crippen molar-refractivity contribution in [1.29, 1.82) is 0 Å². The average Bonchev–Trinajstić information content (AvgIpc) is 2.38. The van der Waals surface area contributed by atoms with Crippen LogP contribution in [0.5, 0.6) is 0 Å². The van der Waals surface area contributed by atoms with Crippen LogP contribution in [-0.2, 0) is 6.42 Å². The predicted molar refractivity (Wildman–Crippen MR) is 69.6 cm³/mol. The third kappa shape index (κ3) is 3.30. The Morgan fingerprint density at radius 1 is 0.947 bits per heavy atom. The Balaban J connectivity index is 2.34. The van der Waals surface area contributed by atoms with Crippen LogP contribution in [-0.4, -0.2) is 6.54 Å². The number of hydrogen-bond acceptors (Lipinski definition) is 2. The molecule has 0 unspecified atom stereocenters. The van der Waals surface area contributed by atoms with Crippen LogP contribution >= 0.6 is 11.8 Å². The highest BCUT2D eigenvalue weighted by Crippen LogP contribution is 2.33. The van der Waals surface area contributed by atoms with Gasteiger partial charge in [0.1, 0.15) is 5.82 Å². The maximum atomic E-state index is 13.8. The van der Waals surface area contributed by atoms with E-state index in [0.29, 0.717) is 22.8 Å². The number of hydrogen-bond donors (Lipinski definition) is 1. The first-order valence-corrected chi connectivity index (χ1v) is 6.54. The van der Waals surface area contributed by atoms with Crippen molar-refractivity contribution in [3.05, 3.63) is 59.4 Å². The molecule has 0 radical (unpaired) electrons. The number of rotatable bonds is 4. The van der Waals surface area contributed by atoms with E-state index in [2.05, 4.69) is 0 Å². The van der Waals surface area contributed by atoms with Gasteiger partial charge in [0.05, 0.1) is 4.90 Å². The minimum absolute atomic E-state index is 0.388. The number of benzene rings is 2. The summed E-state index contributed by atoms with van der Waals surface area (Å²) in [6, 6.07) is 8.22. The van der Waals surface area contributed by atoms with Crippen molar-refractivity contribution in [3.63, 3.8) is 0 Å². The lowest BCUT2D eigenvalue weighted by atomic mass is 10.1. The monoisotopic (exact) mass is 283 g/mol. The topological polar surface area (TPSA) is 26.0 Å². The van der Waals surface area contributed by atoms with E-state index < -0.39 is 11.6 Å². The Hall–Kier alpha value is -1.46. The van der Waals surface area contributed by atoms with Gasteiger partial charge in [-0.1, -0.05) is 23.9 Å². The molecule has 1 nitrogen and oxygen atoms in total. The van der Waals surface area contributed by atoms with E-state index in [-0.39, 0.29) is 5.82 Å². The third-order valence-corrected chi connectivity index (χ3v) is 3.72. The molecule has 0 aliphatic rings. The van der Waals surface area contributed by atoms with E-state index in [0.717, 1.165) is 29.5 Å². The summed E-state index contributed by atoms with van der Waals surface area (Å²) in [7, 11) is 0.